The SMILES string of the molecule is CC1OCCC1S(=O)(=O)c1ccc2nccc(Cl)c2c1. The van der Waals surface area contributed by atoms with Crippen LogP contribution in [0.2, 0.25) is 5.02 Å². The van der Waals surface area contributed by atoms with Crippen molar-refractivity contribution in [3.05, 3.63) is 35.5 Å². The molecule has 4 nitrogen and oxygen atoms in total. The molecule has 2 atom stereocenters. The molecule has 0 saturated carbocycles. The highest BCUT2D eigenvalue weighted by molar-refractivity contribution is 7.92. The monoisotopic (exact) mass is 311 g/mol. The maximum atomic E-state index is 12.7. The first-order valence-electron chi connectivity index (χ1n) is 6.40. The van der Waals surface area contributed by atoms with Gasteiger partial charge in [0.1, 0.15) is 0 Å². The molecule has 0 spiro atoms. The van der Waals surface area contributed by atoms with Crippen LogP contribution in [0.3, 0.4) is 0 Å². The van der Waals surface area contributed by atoms with Crippen LogP contribution in [0.4, 0.5) is 0 Å². The second-order valence-corrected chi connectivity index (χ2v) is 7.49. The van der Waals surface area contributed by atoms with E-state index in [0.717, 1.165) is 0 Å². The lowest BCUT2D eigenvalue weighted by Crippen LogP contribution is -2.28. The average Bonchev–Trinajstić information content (AvgIpc) is 2.86. The lowest BCUT2D eigenvalue weighted by Gasteiger charge is -2.15. The maximum absolute atomic E-state index is 12.7. The number of nitrogens with zero attached hydrogens (tertiary/aromatic N) is 1. The molecule has 2 aromatic rings. The molecule has 1 fully saturated rings. The molecule has 6 heteroatoms. The van der Waals surface area contributed by atoms with E-state index >= 15 is 0 Å². The highest BCUT2D eigenvalue weighted by Crippen LogP contribution is 2.30. The lowest BCUT2D eigenvalue weighted by atomic mass is 10.2. The molecule has 1 aliphatic heterocycles. The van der Waals surface area contributed by atoms with E-state index in [1.807, 2.05) is 0 Å². The number of rotatable bonds is 2. The van der Waals surface area contributed by atoms with E-state index < -0.39 is 15.1 Å². The summed E-state index contributed by atoms with van der Waals surface area (Å²) < 4.78 is 30.7. The van der Waals surface area contributed by atoms with Crippen LogP contribution in [0.15, 0.2) is 35.4 Å². The number of fused-ring (bicyclic) bond motifs is 1. The minimum absolute atomic E-state index is 0.278. The van der Waals surface area contributed by atoms with E-state index in [1.165, 1.54) is 0 Å². The van der Waals surface area contributed by atoms with Crippen LogP contribution in [0, 0.1) is 0 Å². The Morgan fingerprint density at radius 3 is 2.85 bits per heavy atom. The van der Waals surface area contributed by atoms with Gasteiger partial charge >= 0.3 is 0 Å². The number of halogens is 1. The van der Waals surface area contributed by atoms with Gasteiger partial charge in [-0.25, -0.2) is 8.42 Å². The fourth-order valence-electron chi connectivity index (χ4n) is 2.56. The summed E-state index contributed by atoms with van der Waals surface area (Å²) in [5, 5.41) is 0.667. The highest BCUT2D eigenvalue weighted by Gasteiger charge is 2.36. The third-order valence-electron chi connectivity index (χ3n) is 3.69. The first-order valence-corrected chi connectivity index (χ1v) is 8.32. The fourth-order valence-corrected chi connectivity index (χ4v) is 4.65. The van der Waals surface area contributed by atoms with Crippen molar-refractivity contribution in [1.82, 2.24) is 4.98 Å². The summed E-state index contributed by atoms with van der Waals surface area (Å²) in [6.07, 6.45) is 1.86. The van der Waals surface area contributed by atoms with Crippen LogP contribution in [0.5, 0.6) is 0 Å². The third kappa shape index (κ3) is 2.20. The number of hydrogen-bond donors (Lipinski definition) is 0. The molecule has 1 aromatic heterocycles. The number of pyridine rings is 1. The Hall–Kier alpha value is -1.17. The zero-order valence-electron chi connectivity index (χ0n) is 10.9. The summed E-state index contributed by atoms with van der Waals surface area (Å²) >= 11 is 6.11. The van der Waals surface area contributed by atoms with Gasteiger partial charge in [0, 0.05) is 18.2 Å². The van der Waals surface area contributed by atoms with E-state index in [9.17, 15) is 8.42 Å². The average molecular weight is 312 g/mol. The smallest absolute Gasteiger partial charge is 0.183 e. The van der Waals surface area contributed by atoms with Gasteiger partial charge in [0.05, 0.1) is 26.8 Å². The van der Waals surface area contributed by atoms with Crippen molar-refractivity contribution in [1.29, 1.82) is 0 Å². The summed E-state index contributed by atoms with van der Waals surface area (Å²) in [5.74, 6) is 0. The second kappa shape index (κ2) is 4.98. The molecular weight excluding hydrogens is 298 g/mol. The summed E-state index contributed by atoms with van der Waals surface area (Å²) in [5.41, 5.74) is 0.687. The molecule has 2 heterocycles. The molecule has 20 heavy (non-hydrogen) atoms. The second-order valence-electron chi connectivity index (χ2n) is 4.92. The van der Waals surface area contributed by atoms with Crippen molar-refractivity contribution in [3.63, 3.8) is 0 Å². The molecule has 0 radical (unpaired) electrons. The Kier molecular flexibility index (Phi) is 3.44. The van der Waals surface area contributed by atoms with Gasteiger partial charge < -0.3 is 4.74 Å². The van der Waals surface area contributed by atoms with Gasteiger partial charge in [-0.15, -0.1) is 0 Å². The number of sulfone groups is 1. The van der Waals surface area contributed by atoms with Crippen LogP contribution in [-0.2, 0) is 14.6 Å². The third-order valence-corrected chi connectivity index (χ3v) is 6.35. The summed E-state index contributed by atoms with van der Waals surface area (Å²) in [4.78, 5) is 4.45. The van der Waals surface area contributed by atoms with Crippen LogP contribution in [0.25, 0.3) is 10.9 Å². The lowest BCUT2D eigenvalue weighted by molar-refractivity contribution is 0.126. The zero-order chi connectivity index (χ0) is 14.3. The summed E-state index contributed by atoms with van der Waals surface area (Å²) in [7, 11) is -3.41. The molecule has 2 unspecified atom stereocenters. The Labute approximate surface area is 122 Å². The maximum Gasteiger partial charge on any atom is 0.183 e. The van der Waals surface area contributed by atoms with Crippen molar-refractivity contribution in [2.24, 2.45) is 0 Å². The van der Waals surface area contributed by atoms with E-state index in [-0.39, 0.29) is 11.0 Å². The molecule has 3 rings (SSSR count). The van der Waals surface area contributed by atoms with Crippen LogP contribution < -0.4 is 0 Å². The molecule has 0 N–H and O–H groups in total. The van der Waals surface area contributed by atoms with E-state index in [0.29, 0.717) is 29.0 Å². The molecule has 0 bridgehead atoms. The number of hydrogen-bond acceptors (Lipinski definition) is 4. The van der Waals surface area contributed by atoms with E-state index in [1.54, 1.807) is 37.4 Å². The zero-order valence-corrected chi connectivity index (χ0v) is 12.5. The van der Waals surface area contributed by atoms with Crippen molar-refractivity contribution in [2.75, 3.05) is 6.61 Å². The largest absolute Gasteiger partial charge is 0.377 e. The summed E-state index contributed by atoms with van der Waals surface area (Å²) in [6.45, 7) is 2.28. The molecule has 1 aliphatic rings. The van der Waals surface area contributed by atoms with E-state index in [2.05, 4.69) is 4.98 Å². The Morgan fingerprint density at radius 2 is 2.15 bits per heavy atom. The Bertz CT molecular complexity index is 760. The van der Waals surface area contributed by atoms with Gasteiger partial charge in [-0.1, -0.05) is 11.6 Å². The first kappa shape index (κ1) is 13.8. The van der Waals surface area contributed by atoms with Crippen molar-refractivity contribution >= 4 is 32.3 Å². The molecule has 1 saturated heterocycles. The van der Waals surface area contributed by atoms with Crippen molar-refractivity contribution < 1.29 is 13.2 Å². The minimum atomic E-state index is -3.41. The predicted octanol–water partition coefficient (Wildman–Crippen LogP) is 2.84. The Morgan fingerprint density at radius 1 is 1.35 bits per heavy atom. The summed E-state index contributed by atoms with van der Waals surface area (Å²) in [6, 6.07) is 6.53. The topological polar surface area (TPSA) is 56.3 Å². The van der Waals surface area contributed by atoms with Gasteiger partial charge in [-0.2, -0.15) is 0 Å². The Balaban J connectivity index is 2.12. The van der Waals surface area contributed by atoms with Crippen LogP contribution in [0.1, 0.15) is 13.3 Å². The first-order chi connectivity index (χ1) is 9.50. The number of benzene rings is 1. The molecular formula is C14H14ClNO3S. The standard InChI is InChI=1S/C14H14ClNO3S/c1-9-14(5-7-19-9)20(17,18)10-2-3-13-11(8-10)12(15)4-6-16-13/h2-4,6,8-9,14H,5,7H2,1H3. The predicted molar refractivity (Wildman–Crippen MR) is 77.8 cm³/mol. The van der Waals surface area contributed by atoms with Gasteiger partial charge in [-0.3, -0.25) is 4.98 Å². The van der Waals surface area contributed by atoms with Crippen LogP contribution >= 0.6 is 11.6 Å². The highest BCUT2D eigenvalue weighted by atomic mass is 35.5. The van der Waals surface area contributed by atoms with E-state index in [4.69, 9.17) is 16.3 Å². The number of aromatic nitrogens is 1. The van der Waals surface area contributed by atoms with Gasteiger partial charge in [-0.05, 0) is 37.6 Å². The quantitative estimate of drug-likeness (QED) is 0.855. The van der Waals surface area contributed by atoms with Crippen molar-refractivity contribution in [3.8, 4) is 0 Å². The fraction of sp³-hybridized carbons (Fsp3) is 0.357. The minimum Gasteiger partial charge on any atom is -0.377 e. The van der Waals surface area contributed by atoms with Crippen LogP contribution in [-0.4, -0.2) is 31.4 Å². The molecule has 1 aromatic carbocycles. The van der Waals surface area contributed by atoms with Gasteiger partial charge in [0.15, 0.2) is 9.84 Å². The number of ether oxygens (including phenoxy) is 1. The van der Waals surface area contributed by atoms with Gasteiger partial charge in [0.2, 0.25) is 0 Å². The molecule has 0 amide bonds. The van der Waals surface area contributed by atoms with Gasteiger partial charge in [0.25, 0.3) is 0 Å². The normalized spacial score (nSPS) is 23.3. The van der Waals surface area contributed by atoms with Crippen molar-refractivity contribution in [2.45, 2.75) is 29.6 Å². The molecule has 106 valence electrons. The molecule has 0 aliphatic carbocycles.